The second kappa shape index (κ2) is 6.02. The van der Waals surface area contributed by atoms with Gasteiger partial charge in [-0.15, -0.1) is 0 Å². The molecule has 3 heteroatoms. The zero-order valence-corrected chi connectivity index (χ0v) is 9.21. The Kier molecular flexibility index (Phi) is 4.94. The van der Waals surface area contributed by atoms with E-state index in [1.165, 1.54) is 12.8 Å². The first kappa shape index (κ1) is 11.5. The van der Waals surface area contributed by atoms with Crippen LogP contribution < -0.4 is 5.32 Å². The number of carbonyl (C=O) groups is 1. The van der Waals surface area contributed by atoms with Crippen molar-refractivity contribution in [3.05, 3.63) is 0 Å². The molecule has 14 heavy (non-hydrogen) atoms. The van der Waals surface area contributed by atoms with Crippen LogP contribution in [0, 0.1) is 5.92 Å². The lowest BCUT2D eigenvalue weighted by Gasteiger charge is -2.29. The van der Waals surface area contributed by atoms with Crippen LogP contribution in [0.1, 0.15) is 39.5 Å². The average Bonchev–Trinajstić information content (AvgIpc) is 2.18. The molecule has 1 heterocycles. The third-order valence-electron chi connectivity index (χ3n) is 2.90. The van der Waals surface area contributed by atoms with Gasteiger partial charge in [0.15, 0.2) is 0 Å². The fourth-order valence-corrected chi connectivity index (χ4v) is 2.04. The van der Waals surface area contributed by atoms with Gasteiger partial charge in [0.1, 0.15) is 0 Å². The third kappa shape index (κ3) is 3.66. The van der Waals surface area contributed by atoms with Gasteiger partial charge < -0.3 is 10.1 Å². The predicted octanol–water partition coefficient (Wildman–Crippen LogP) is 1.72. The first-order chi connectivity index (χ1) is 6.76. The van der Waals surface area contributed by atoms with Crippen molar-refractivity contribution in [2.45, 2.75) is 45.6 Å². The van der Waals surface area contributed by atoms with E-state index in [1.54, 1.807) is 0 Å². The van der Waals surface area contributed by atoms with Gasteiger partial charge in [-0.25, -0.2) is 0 Å². The smallest absolute Gasteiger partial charge is 0.307 e. The number of piperidine rings is 1. The molecule has 0 bridgehead atoms. The molecule has 0 radical (unpaired) electrons. The Hall–Kier alpha value is -0.570. The highest BCUT2D eigenvalue weighted by atomic mass is 16.5. The van der Waals surface area contributed by atoms with E-state index in [4.69, 9.17) is 4.74 Å². The second-order valence-corrected chi connectivity index (χ2v) is 3.96. The molecule has 1 saturated heterocycles. The van der Waals surface area contributed by atoms with Crippen molar-refractivity contribution in [2.24, 2.45) is 5.92 Å². The van der Waals surface area contributed by atoms with Crippen molar-refractivity contribution in [2.75, 3.05) is 13.2 Å². The van der Waals surface area contributed by atoms with E-state index in [2.05, 4.69) is 12.2 Å². The van der Waals surface area contributed by atoms with Crippen molar-refractivity contribution in [3.8, 4) is 0 Å². The van der Waals surface area contributed by atoms with Crippen LogP contribution in [0.25, 0.3) is 0 Å². The van der Waals surface area contributed by atoms with Crippen molar-refractivity contribution in [1.29, 1.82) is 0 Å². The largest absolute Gasteiger partial charge is 0.466 e. The second-order valence-electron chi connectivity index (χ2n) is 3.96. The fraction of sp³-hybridized carbons (Fsp3) is 0.909. The highest BCUT2D eigenvalue weighted by Gasteiger charge is 2.22. The summed E-state index contributed by atoms with van der Waals surface area (Å²) in [6, 6.07) is 0.341. The van der Waals surface area contributed by atoms with E-state index >= 15 is 0 Å². The minimum absolute atomic E-state index is 0.0678. The van der Waals surface area contributed by atoms with Crippen LogP contribution in [0.5, 0.6) is 0 Å². The van der Waals surface area contributed by atoms with E-state index in [-0.39, 0.29) is 5.97 Å². The highest BCUT2D eigenvalue weighted by molar-refractivity contribution is 5.70. The lowest BCUT2D eigenvalue weighted by Crippen LogP contribution is -2.39. The molecule has 0 spiro atoms. The quantitative estimate of drug-likeness (QED) is 0.701. The summed E-state index contributed by atoms with van der Waals surface area (Å²) in [6.07, 6.45) is 4.12. The summed E-state index contributed by atoms with van der Waals surface area (Å²) in [6.45, 7) is 5.60. The maximum Gasteiger partial charge on any atom is 0.307 e. The van der Waals surface area contributed by atoms with Gasteiger partial charge >= 0.3 is 5.97 Å². The molecule has 1 aliphatic heterocycles. The first-order valence-corrected chi connectivity index (χ1v) is 5.65. The SMILES string of the molecule is CCOC(=O)CC1CC(CC)CCN1. The summed E-state index contributed by atoms with van der Waals surface area (Å²) in [4.78, 5) is 11.2. The number of esters is 1. The van der Waals surface area contributed by atoms with E-state index < -0.39 is 0 Å². The molecule has 0 aromatic heterocycles. The van der Waals surface area contributed by atoms with Crippen LogP contribution in [-0.2, 0) is 9.53 Å². The standard InChI is InChI=1S/C11H21NO2/c1-3-9-5-6-12-10(7-9)8-11(13)14-4-2/h9-10,12H,3-8H2,1-2H3. The van der Waals surface area contributed by atoms with Gasteiger partial charge in [0.05, 0.1) is 13.0 Å². The molecule has 82 valence electrons. The van der Waals surface area contributed by atoms with Crippen LogP contribution >= 0.6 is 0 Å². The molecule has 0 aromatic carbocycles. The molecular weight excluding hydrogens is 178 g/mol. The monoisotopic (exact) mass is 199 g/mol. The van der Waals surface area contributed by atoms with Gasteiger partial charge in [-0.3, -0.25) is 4.79 Å². The van der Waals surface area contributed by atoms with E-state index in [0.29, 0.717) is 19.1 Å². The Labute approximate surface area is 86.2 Å². The zero-order valence-electron chi connectivity index (χ0n) is 9.21. The first-order valence-electron chi connectivity index (χ1n) is 5.65. The van der Waals surface area contributed by atoms with Gasteiger partial charge in [0, 0.05) is 6.04 Å². The maximum atomic E-state index is 11.2. The molecule has 2 unspecified atom stereocenters. The van der Waals surface area contributed by atoms with Gasteiger partial charge in [-0.2, -0.15) is 0 Å². The van der Waals surface area contributed by atoms with Crippen LogP contribution in [0.2, 0.25) is 0 Å². The molecule has 0 aromatic rings. The molecule has 1 rings (SSSR count). The summed E-state index contributed by atoms with van der Waals surface area (Å²) >= 11 is 0. The van der Waals surface area contributed by atoms with Gasteiger partial charge in [0.25, 0.3) is 0 Å². The number of nitrogens with one attached hydrogen (secondary N) is 1. The average molecular weight is 199 g/mol. The number of hydrogen-bond acceptors (Lipinski definition) is 3. The Morgan fingerprint density at radius 3 is 2.93 bits per heavy atom. The summed E-state index contributed by atoms with van der Waals surface area (Å²) in [7, 11) is 0. The number of hydrogen-bond donors (Lipinski definition) is 1. The van der Waals surface area contributed by atoms with Crippen LogP contribution in [0.3, 0.4) is 0 Å². The molecule has 3 nitrogen and oxygen atoms in total. The third-order valence-corrected chi connectivity index (χ3v) is 2.90. The predicted molar refractivity (Wildman–Crippen MR) is 56.1 cm³/mol. The lowest BCUT2D eigenvalue weighted by atomic mass is 9.89. The molecule has 1 aliphatic rings. The Morgan fingerprint density at radius 1 is 1.50 bits per heavy atom. The zero-order chi connectivity index (χ0) is 10.4. The summed E-state index contributed by atoms with van der Waals surface area (Å²) in [5.74, 6) is 0.720. The van der Waals surface area contributed by atoms with Crippen LogP contribution in [0.4, 0.5) is 0 Å². The topological polar surface area (TPSA) is 38.3 Å². The molecule has 2 atom stereocenters. The van der Waals surface area contributed by atoms with Crippen molar-refractivity contribution in [3.63, 3.8) is 0 Å². The van der Waals surface area contributed by atoms with Gasteiger partial charge in [0.2, 0.25) is 0 Å². The molecule has 0 amide bonds. The molecule has 0 aliphatic carbocycles. The normalized spacial score (nSPS) is 27.3. The van der Waals surface area contributed by atoms with E-state index in [9.17, 15) is 4.79 Å². The number of carbonyl (C=O) groups excluding carboxylic acids is 1. The Morgan fingerprint density at radius 2 is 2.29 bits per heavy atom. The lowest BCUT2D eigenvalue weighted by molar-refractivity contribution is -0.143. The fourth-order valence-electron chi connectivity index (χ4n) is 2.04. The molecule has 0 saturated carbocycles. The summed E-state index contributed by atoms with van der Waals surface area (Å²) in [5, 5.41) is 3.37. The Bertz CT molecular complexity index is 182. The molecule has 1 fully saturated rings. The van der Waals surface area contributed by atoms with E-state index in [0.717, 1.165) is 18.9 Å². The summed E-state index contributed by atoms with van der Waals surface area (Å²) in [5.41, 5.74) is 0. The van der Waals surface area contributed by atoms with E-state index in [1.807, 2.05) is 6.92 Å². The minimum Gasteiger partial charge on any atom is -0.466 e. The highest BCUT2D eigenvalue weighted by Crippen LogP contribution is 2.20. The number of ether oxygens (including phenoxy) is 1. The van der Waals surface area contributed by atoms with Crippen LogP contribution in [-0.4, -0.2) is 25.2 Å². The van der Waals surface area contributed by atoms with Gasteiger partial charge in [-0.05, 0) is 32.2 Å². The van der Waals surface area contributed by atoms with Crippen LogP contribution in [0.15, 0.2) is 0 Å². The maximum absolute atomic E-state index is 11.2. The molecular formula is C11H21NO2. The van der Waals surface area contributed by atoms with Crippen molar-refractivity contribution in [1.82, 2.24) is 5.32 Å². The molecule has 1 N–H and O–H groups in total. The Balaban J connectivity index is 2.26. The van der Waals surface area contributed by atoms with Crippen molar-refractivity contribution >= 4 is 5.97 Å². The number of rotatable bonds is 4. The van der Waals surface area contributed by atoms with Gasteiger partial charge in [-0.1, -0.05) is 13.3 Å². The minimum atomic E-state index is -0.0678. The summed E-state index contributed by atoms with van der Waals surface area (Å²) < 4.78 is 4.93. The van der Waals surface area contributed by atoms with Crippen molar-refractivity contribution < 1.29 is 9.53 Å².